The molecule has 0 aromatic carbocycles. The van der Waals surface area contributed by atoms with Gasteiger partial charge in [-0.15, -0.1) is 0 Å². The Morgan fingerprint density at radius 1 is 1.50 bits per heavy atom. The van der Waals surface area contributed by atoms with Crippen molar-refractivity contribution in [2.75, 3.05) is 7.11 Å². The predicted octanol–water partition coefficient (Wildman–Crippen LogP) is 3.18. The number of nitrogens with zero attached hydrogens (tertiary/aromatic N) is 1. The Morgan fingerprint density at radius 3 is 2.67 bits per heavy atom. The van der Waals surface area contributed by atoms with Crippen LogP contribution in [0.3, 0.4) is 0 Å². The van der Waals surface area contributed by atoms with Gasteiger partial charge in [0.1, 0.15) is 0 Å². The summed E-state index contributed by atoms with van der Waals surface area (Å²) in [5.74, 6) is 0.623. The first-order valence-corrected chi connectivity index (χ1v) is 4.83. The molecule has 0 amide bonds. The molecule has 0 fully saturated rings. The molecule has 0 radical (unpaired) electrons. The predicted molar refractivity (Wildman–Crippen MR) is 56.6 cm³/mol. The van der Waals surface area contributed by atoms with E-state index < -0.39 is 0 Å². The van der Waals surface area contributed by atoms with Crippen LogP contribution in [0.2, 0.25) is 0 Å². The van der Waals surface area contributed by atoms with Crippen molar-refractivity contribution in [3.63, 3.8) is 0 Å². The zero-order valence-electron chi connectivity index (χ0n) is 6.42. The lowest BCUT2D eigenvalue weighted by Gasteiger charge is -1.97. The van der Waals surface area contributed by atoms with Crippen molar-refractivity contribution in [2.24, 2.45) is 0 Å². The van der Waals surface area contributed by atoms with Gasteiger partial charge in [0.15, 0.2) is 0 Å². The summed E-state index contributed by atoms with van der Waals surface area (Å²) in [5, 5.41) is 0. The topological polar surface area (TPSA) is 22.1 Å². The largest absolute Gasteiger partial charge is 0.481 e. The van der Waals surface area contributed by atoms with Crippen molar-refractivity contribution in [1.29, 1.82) is 0 Å². The summed E-state index contributed by atoms with van der Waals surface area (Å²) < 4.78 is 5.81. The number of rotatable bonds is 2. The maximum absolute atomic E-state index is 4.92. The molecule has 1 rings (SSSR count). The molecule has 4 heteroatoms. The van der Waals surface area contributed by atoms with Crippen molar-refractivity contribution in [3.8, 4) is 5.88 Å². The van der Waals surface area contributed by atoms with Gasteiger partial charge in [-0.3, -0.25) is 0 Å². The smallest absolute Gasteiger partial charge is 0.212 e. The highest BCUT2D eigenvalue weighted by atomic mass is 79.9. The van der Waals surface area contributed by atoms with Crippen molar-refractivity contribution in [2.45, 2.75) is 0 Å². The zero-order chi connectivity index (χ0) is 8.97. The number of hydrogen-bond acceptors (Lipinski definition) is 2. The molecular weight excluding hydrogens is 286 g/mol. The number of aromatic nitrogens is 1. The van der Waals surface area contributed by atoms with Gasteiger partial charge in [-0.2, -0.15) is 0 Å². The first-order chi connectivity index (χ1) is 5.72. The fourth-order valence-electron chi connectivity index (χ4n) is 0.724. The van der Waals surface area contributed by atoms with E-state index in [9.17, 15) is 0 Å². The standard InChI is InChI=1S/C8H7Br2NO/c1-12-8-3-2-6(5-11-8)4-7(9)10/h2-5H,1H3. The average molecular weight is 293 g/mol. The maximum Gasteiger partial charge on any atom is 0.212 e. The van der Waals surface area contributed by atoms with Gasteiger partial charge >= 0.3 is 0 Å². The van der Waals surface area contributed by atoms with Crippen LogP contribution < -0.4 is 4.74 Å². The molecule has 0 saturated carbocycles. The van der Waals surface area contributed by atoms with E-state index in [0.717, 1.165) is 8.96 Å². The van der Waals surface area contributed by atoms with Gasteiger partial charge in [0.2, 0.25) is 5.88 Å². The molecule has 0 aliphatic carbocycles. The van der Waals surface area contributed by atoms with Crippen LogP contribution in [0.4, 0.5) is 0 Å². The molecule has 0 aliphatic rings. The number of ether oxygens (including phenoxy) is 1. The Hall–Kier alpha value is -0.350. The third-order valence-corrected chi connectivity index (χ3v) is 1.70. The molecule has 1 heterocycles. The van der Waals surface area contributed by atoms with E-state index in [4.69, 9.17) is 4.74 Å². The minimum absolute atomic E-state index is 0.623. The van der Waals surface area contributed by atoms with Gasteiger partial charge < -0.3 is 4.74 Å². The number of pyridine rings is 1. The van der Waals surface area contributed by atoms with Crippen molar-refractivity contribution < 1.29 is 4.74 Å². The fraction of sp³-hybridized carbons (Fsp3) is 0.125. The molecule has 0 saturated heterocycles. The van der Waals surface area contributed by atoms with E-state index >= 15 is 0 Å². The molecule has 2 nitrogen and oxygen atoms in total. The highest BCUT2D eigenvalue weighted by Crippen LogP contribution is 2.18. The molecule has 0 aliphatic heterocycles. The molecule has 1 aromatic rings. The van der Waals surface area contributed by atoms with Gasteiger partial charge in [-0.05, 0) is 49.6 Å². The SMILES string of the molecule is COc1ccc(C=C(Br)Br)cn1. The minimum Gasteiger partial charge on any atom is -0.481 e. The minimum atomic E-state index is 0.623. The highest BCUT2D eigenvalue weighted by Gasteiger charge is 1.92. The Bertz CT molecular complexity index is 278. The van der Waals surface area contributed by atoms with Gasteiger partial charge in [-0.1, -0.05) is 0 Å². The molecular formula is C8H7Br2NO. The second-order valence-corrected chi connectivity index (χ2v) is 4.84. The van der Waals surface area contributed by atoms with Gasteiger partial charge in [0.05, 0.1) is 10.5 Å². The lowest BCUT2D eigenvalue weighted by atomic mass is 10.3. The normalized spacial score (nSPS) is 9.25. The monoisotopic (exact) mass is 291 g/mol. The Morgan fingerprint density at radius 2 is 2.25 bits per heavy atom. The first-order valence-electron chi connectivity index (χ1n) is 3.25. The van der Waals surface area contributed by atoms with E-state index in [2.05, 4.69) is 36.8 Å². The van der Waals surface area contributed by atoms with E-state index in [1.54, 1.807) is 13.3 Å². The van der Waals surface area contributed by atoms with E-state index in [1.807, 2.05) is 18.2 Å². The number of methoxy groups -OCH3 is 1. The van der Waals surface area contributed by atoms with Crippen LogP contribution >= 0.6 is 31.9 Å². The maximum atomic E-state index is 4.92. The Kier molecular flexibility index (Phi) is 3.75. The third-order valence-electron chi connectivity index (χ3n) is 1.24. The quantitative estimate of drug-likeness (QED) is 0.835. The molecule has 0 N–H and O–H groups in total. The van der Waals surface area contributed by atoms with Gasteiger partial charge in [0, 0.05) is 12.3 Å². The fourth-order valence-corrected chi connectivity index (χ4v) is 1.25. The lowest BCUT2D eigenvalue weighted by Crippen LogP contribution is -1.86. The second-order valence-electron chi connectivity index (χ2n) is 2.07. The van der Waals surface area contributed by atoms with Crippen LogP contribution in [0.5, 0.6) is 5.88 Å². The summed E-state index contributed by atoms with van der Waals surface area (Å²) in [7, 11) is 1.60. The Labute approximate surface area is 87.9 Å². The molecule has 0 atom stereocenters. The van der Waals surface area contributed by atoms with Crippen LogP contribution in [0.15, 0.2) is 21.7 Å². The van der Waals surface area contributed by atoms with E-state index in [1.165, 1.54) is 0 Å². The number of halogens is 2. The summed E-state index contributed by atoms with van der Waals surface area (Å²) in [6.07, 6.45) is 3.65. The molecule has 0 bridgehead atoms. The molecule has 12 heavy (non-hydrogen) atoms. The summed E-state index contributed by atoms with van der Waals surface area (Å²) in [5.41, 5.74) is 1.01. The molecule has 0 unspecified atom stereocenters. The van der Waals surface area contributed by atoms with Gasteiger partial charge in [0.25, 0.3) is 0 Å². The van der Waals surface area contributed by atoms with E-state index in [0.29, 0.717) is 5.88 Å². The molecule has 1 aromatic heterocycles. The van der Waals surface area contributed by atoms with Crippen LogP contribution in [0, 0.1) is 0 Å². The lowest BCUT2D eigenvalue weighted by molar-refractivity contribution is 0.398. The summed E-state index contributed by atoms with van der Waals surface area (Å²) in [6.45, 7) is 0. The van der Waals surface area contributed by atoms with Crippen molar-refractivity contribution in [3.05, 3.63) is 27.3 Å². The zero-order valence-corrected chi connectivity index (χ0v) is 9.59. The van der Waals surface area contributed by atoms with Crippen molar-refractivity contribution in [1.82, 2.24) is 4.98 Å². The summed E-state index contributed by atoms with van der Waals surface area (Å²) in [4.78, 5) is 4.04. The number of hydrogen-bond donors (Lipinski definition) is 0. The third kappa shape index (κ3) is 2.95. The second kappa shape index (κ2) is 4.62. The molecule has 64 valence electrons. The Balaban J connectivity index is 2.85. The first kappa shape index (κ1) is 9.74. The van der Waals surface area contributed by atoms with Gasteiger partial charge in [-0.25, -0.2) is 4.98 Å². The van der Waals surface area contributed by atoms with E-state index in [-0.39, 0.29) is 0 Å². The highest BCUT2D eigenvalue weighted by molar-refractivity contribution is 9.28. The van der Waals surface area contributed by atoms with Crippen molar-refractivity contribution >= 4 is 37.9 Å². The van der Waals surface area contributed by atoms with Crippen LogP contribution in [-0.2, 0) is 0 Å². The average Bonchev–Trinajstić information content (AvgIpc) is 2.05. The van der Waals surface area contributed by atoms with Crippen LogP contribution in [0.1, 0.15) is 5.56 Å². The van der Waals surface area contributed by atoms with Crippen LogP contribution in [-0.4, -0.2) is 12.1 Å². The summed E-state index contributed by atoms with van der Waals surface area (Å²) >= 11 is 6.53. The summed E-state index contributed by atoms with van der Waals surface area (Å²) in [6, 6.07) is 3.74. The van der Waals surface area contributed by atoms with Crippen LogP contribution in [0.25, 0.3) is 6.08 Å². The molecule has 0 spiro atoms.